The Morgan fingerprint density at radius 3 is 2.50 bits per heavy atom. The number of aryl methyl sites for hydroxylation is 1. The van der Waals surface area contributed by atoms with Crippen LogP contribution in [0.4, 0.5) is 19.0 Å². The first kappa shape index (κ1) is 23.4. The number of carbonyl (C=O) groups excluding carboxylic acids is 2. The lowest BCUT2D eigenvalue weighted by atomic mass is 10.0. The molecule has 0 aliphatic rings. The van der Waals surface area contributed by atoms with Gasteiger partial charge in [-0.3, -0.25) is 9.59 Å². The molecule has 11 heteroatoms. The molecule has 0 fully saturated rings. The molecule has 170 valence electrons. The highest BCUT2D eigenvalue weighted by Gasteiger charge is 2.32. The summed E-state index contributed by atoms with van der Waals surface area (Å²) in [5.41, 5.74) is -0.520. The monoisotopic (exact) mass is 468 g/mol. The predicted molar refractivity (Wildman–Crippen MR) is 112 cm³/mol. The number of aromatic nitrogens is 2. The Bertz CT molecular complexity index is 1120. The smallest absolute Gasteiger partial charge is 0.416 e. The molecule has 1 aromatic carbocycles. The Balaban J connectivity index is 1.90. The van der Waals surface area contributed by atoms with Crippen LogP contribution in [0.2, 0.25) is 5.02 Å². The van der Waals surface area contributed by atoms with Crippen LogP contribution in [-0.2, 0) is 11.0 Å². The number of nitrogens with one attached hydrogen (secondary N) is 2. The average molecular weight is 469 g/mol. The third-order valence-electron chi connectivity index (χ3n) is 4.57. The number of halogens is 4. The van der Waals surface area contributed by atoms with Crippen LogP contribution in [0.3, 0.4) is 0 Å². The zero-order valence-electron chi connectivity index (χ0n) is 17.3. The molecule has 0 aliphatic heterocycles. The van der Waals surface area contributed by atoms with Gasteiger partial charge in [0, 0.05) is 6.07 Å². The molecule has 1 unspecified atom stereocenters. The Morgan fingerprint density at radius 1 is 1.19 bits per heavy atom. The number of nitrogens with zero attached hydrogens (tertiary/aromatic N) is 2. The maximum atomic E-state index is 13.2. The van der Waals surface area contributed by atoms with Gasteiger partial charge in [0.15, 0.2) is 5.76 Å². The Labute approximate surface area is 186 Å². The van der Waals surface area contributed by atoms with E-state index in [-0.39, 0.29) is 28.2 Å². The third-order valence-corrected chi connectivity index (χ3v) is 4.88. The lowest BCUT2D eigenvalue weighted by Crippen LogP contribution is -2.47. The van der Waals surface area contributed by atoms with Crippen molar-refractivity contribution in [3.05, 3.63) is 64.7 Å². The molecule has 2 aromatic heterocycles. The van der Waals surface area contributed by atoms with Gasteiger partial charge in [0.25, 0.3) is 5.91 Å². The number of anilines is 1. The molecule has 2 amide bonds. The maximum absolute atomic E-state index is 13.2. The van der Waals surface area contributed by atoms with Crippen molar-refractivity contribution in [2.45, 2.75) is 33.0 Å². The topological polar surface area (TPSA) is 89.2 Å². The standard InChI is InChI=1S/C21H20ClF3N4O3/c1-11(2)18(27-19(30)16-5-4-8-32-16)20(31)26-17-9-12(3)28-29(17)15-10-13(21(23,24)25)6-7-14(15)22/h4-11,18H,1-3H3,(H,26,31)(H,27,30). The fraction of sp³-hybridized carbons (Fsp3) is 0.286. The van der Waals surface area contributed by atoms with E-state index in [1.54, 1.807) is 26.8 Å². The third kappa shape index (κ3) is 5.13. The highest BCUT2D eigenvalue weighted by molar-refractivity contribution is 6.32. The Morgan fingerprint density at radius 2 is 1.91 bits per heavy atom. The van der Waals surface area contributed by atoms with E-state index in [1.165, 1.54) is 18.4 Å². The van der Waals surface area contributed by atoms with Gasteiger partial charge in [0.05, 0.1) is 28.2 Å². The van der Waals surface area contributed by atoms with E-state index >= 15 is 0 Å². The van der Waals surface area contributed by atoms with Gasteiger partial charge in [-0.2, -0.15) is 18.3 Å². The molecule has 3 aromatic rings. The van der Waals surface area contributed by atoms with Gasteiger partial charge in [-0.25, -0.2) is 4.68 Å². The highest BCUT2D eigenvalue weighted by Crippen LogP contribution is 2.34. The van der Waals surface area contributed by atoms with E-state index in [1.807, 2.05) is 0 Å². The van der Waals surface area contributed by atoms with Gasteiger partial charge in [-0.05, 0) is 43.2 Å². The molecule has 0 spiro atoms. The molecule has 3 rings (SSSR count). The molecule has 2 heterocycles. The normalized spacial score (nSPS) is 12.6. The average Bonchev–Trinajstić information content (AvgIpc) is 3.35. The molecular weight excluding hydrogens is 449 g/mol. The van der Waals surface area contributed by atoms with E-state index in [0.717, 1.165) is 22.9 Å². The van der Waals surface area contributed by atoms with E-state index in [2.05, 4.69) is 15.7 Å². The molecule has 32 heavy (non-hydrogen) atoms. The Hall–Kier alpha value is -3.27. The molecule has 0 aliphatic carbocycles. The maximum Gasteiger partial charge on any atom is 0.416 e. The largest absolute Gasteiger partial charge is 0.459 e. The van der Waals surface area contributed by atoms with E-state index in [4.69, 9.17) is 16.0 Å². The zero-order valence-corrected chi connectivity index (χ0v) is 18.1. The molecule has 2 N–H and O–H groups in total. The first-order chi connectivity index (χ1) is 15.0. The van der Waals surface area contributed by atoms with Crippen LogP contribution in [0.5, 0.6) is 0 Å². The van der Waals surface area contributed by atoms with Crippen LogP contribution in [-0.4, -0.2) is 27.6 Å². The second-order valence-corrected chi connectivity index (χ2v) is 7.82. The predicted octanol–water partition coefficient (Wildman–Crippen LogP) is 4.84. The van der Waals surface area contributed by atoms with Crippen molar-refractivity contribution < 1.29 is 27.2 Å². The van der Waals surface area contributed by atoms with Gasteiger partial charge in [-0.1, -0.05) is 25.4 Å². The first-order valence-corrected chi connectivity index (χ1v) is 9.94. The number of furan rings is 1. The fourth-order valence-electron chi connectivity index (χ4n) is 2.98. The number of benzene rings is 1. The van der Waals surface area contributed by atoms with Crippen molar-refractivity contribution in [2.24, 2.45) is 5.92 Å². The van der Waals surface area contributed by atoms with Crippen LogP contribution >= 0.6 is 11.6 Å². The number of amides is 2. The molecular formula is C21H20ClF3N4O3. The number of hydrogen-bond acceptors (Lipinski definition) is 4. The van der Waals surface area contributed by atoms with Gasteiger partial charge < -0.3 is 15.1 Å². The number of hydrogen-bond donors (Lipinski definition) is 2. The van der Waals surface area contributed by atoms with E-state index in [0.29, 0.717) is 5.69 Å². The second kappa shape index (κ2) is 9.07. The van der Waals surface area contributed by atoms with Crippen LogP contribution < -0.4 is 10.6 Å². The second-order valence-electron chi connectivity index (χ2n) is 7.41. The van der Waals surface area contributed by atoms with Crippen molar-refractivity contribution in [3.8, 4) is 5.69 Å². The summed E-state index contributed by atoms with van der Waals surface area (Å²) in [6.45, 7) is 5.09. The number of alkyl halides is 3. The first-order valence-electron chi connectivity index (χ1n) is 9.56. The molecule has 0 bridgehead atoms. The van der Waals surface area contributed by atoms with Crippen molar-refractivity contribution in [2.75, 3.05) is 5.32 Å². The van der Waals surface area contributed by atoms with Crippen molar-refractivity contribution in [1.82, 2.24) is 15.1 Å². The zero-order chi connectivity index (χ0) is 23.6. The SMILES string of the molecule is Cc1cc(NC(=O)C(NC(=O)c2ccco2)C(C)C)n(-c2cc(C(F)(F)F)ccc2Cl)n1. The van der Waals surface area contributed by atoms with Gasteiger partial charge >= 0.3 is 6.18 Å². The molecule has 0 saturated carbocycles. The van der Waals surface area contributed by atoms with Crippen molar-refractivity contribution in [3.63, 3.8) is 0 Å². The minimum absolute atomic E-state index is 0.0168. The highest BCUT2D eigenvalue weighted by atomic mass is 35.5. The summed E-state index contributed by atoms with van der Waals surface area (Å²) in [5.74, 6) is -1.31. The molecule has 1 atom stereocenters. The lowest BCUT2D eigenvalue weighted by molar-refractivity contribution is -0.137. The summed E-state index contributed by atoms with van der Waals surface area (Å²) in [4.78, 5) is 25.3. The van der Waals surface area contributed by atoms with Crippen LogP contribution in [0.1, 0.15) is 35.7 Å². The van der Waals surface area contributed by atoms with Gasteiger partial charge in [0.2, 0.25) is 5.91 Å². The summed E-state index contributed by atoms with van der Waals surface area (Å²) >= 11 is 6.13. The number of carbonyl (C=O) groups is 2. The van der Waals surface area contributed by atoms with E-state index < -0.39 is 29.6 Å². The van der Waals surface area contributed by atoms with Crippen LogP contribution in [0.15, 0.2) is 47.1 Å². The summed E-state index contributed by atoms with van der Waals surface area (Å²) in [6.07, 6.45) is -3.25. The van der Waals surface area contributed by atoms with Gasteiger partial charge in [-0.15, -0.1) is 0 Å². The minimum Gasteiger partial charge on any atom is -0.459 e. The number of rotatable bonds is 6. The van der Waals surface area contributed by atoms with E-state index in [9.17, 15) is 22.8 Å². The molecule has 7 nitrogen and oxygen atoms in total. The molecule has 0 radical (unpaired) electrons. The Kier molecular flexibility index (Phi) is 6.63. The summed E-state index contributed by atoms with van der Waals surface area (Å²) < 4.78 is 45.7. The van der Waals surface area contributed by atoms with Crippen LogP contribution in [0, 0.1) is 12.8 Å². The van der Waals surface area contributed by atoms with Gasteiger partial charge in [0.1, 0.15) is 11.9 Å². The van der Waals surface area contributed by atoms with Crippen molar-refractivity contribution >= 4 is 29.2 Å². The van der Waals surface area contributed by atoms with Crippen molar-refractivity contribution in [1.29, 1.82) is 0 Å². The van der Waals surface area contributed by atoms with Crippen LogP contribution in [0.25, 0.3) is 5.69 Å². The quantitative estimate of drug-likeness (QED) is 0.542. The summed E-state index contributed by atoms with van der Waals surface area (Å²) in [5, 5.41) is 9.41. The minimum atomic E-state index is -4.58. The summed E-state index contributed by atoms with van der Waals surface area (Å²) in [7, 11) is 0. The fourth-order valence-corrected chi connectivity index (χ4v) is 3.18. The summed E-state index contributed by atoms with van der Waals surface area (Å²) in [6, 6.07) is 6.36. The lowest BCUT2D eigenvalue weighted by Gasteiger charge is -2.21. The molecule has 0 saturated heterocycles.